The van der Waals surface area contributed by atoms with Crippen molar-refractivity contribution in [2.75, 3.05) is 0 Å². The molecule has 0 aliphatic carbocycles. The zero-order valence-electron chi connectivity index (χ0n) is 6.67. The van der Waals surface area contributed by atoms with Gasteiger partial charge in [-0.3, -0.25) is 6.58 Å². The Labute approximate surface area is 93.6 Å². The van der Waals surface area contributed by atoms with Crippen LogP contribution in [0.3, 0.4) is 0 Å². The maximum absolute atomic E-state index is 4.49. The second kappa shape index (κ2) is 9.86. The van der Waals surface area contributed by atoms with Crippen molar-refractivity contribution in [2.24, 2.45) is 5.73 Å². The summed E-state index contributed by atoms with van der Waals surface area (Å²) in [4.78, 5) is 0. The third kappa shape index (κ3) is 9.86. The van der Waals surface area contributed by atoms with Crippen LogP contribution in [0.4, 0.5) is 0 Å². The Kier molecular flexibility index (Phi) is 12.1. The average molecular weight is 222 g/mol. The smallest absolute Gasteiger partial charge is 0.580 e. The molecule has 2 heteroatoms. The Bertz CT molecular complexity index is 172. The number of nitrogens with two attached hydrogens (primary N) is 1. The van der Waals surface area contributed by atoms with E-state index >= 15 is 0 Å². The number of hydrogen-bond acceptors (Lipinski definition) is 1. The fourth-order valence-corrected chi connectivity index (χ4v) is 0.470. The van der Waals surface area contributed by atoms with Crippen LogP contribution in [-0.2, 0) is 32.7 Å². The first-order chi connectivity index (χ1) is 4.81. The summed E-state index contributed by atoms with van der Waals surface area (Å²) in [6.45, 7) is 5.08. The summed E-state index contributed by atoms with van der Waals surface area (Å²) in [5.74, 6) is 0. The van der Waals surface area contributed by atoms with Crippen molar-refractivity contribution in [1.82, 2.24) is 0 Å². The Hall–Kier alpha value is -0.136. The number of aryl methyl sites for hydroxylation is 1. The van der Waals surface area contributed by atoms with Gasteiger partial charge in [0.1, 0.15) is 0 Å². The third-order valence-corrected chi connectivity index (χ3v) is 0.885. The second-order valence-corrected chi connectivity index (χ2v) is 1.78. The topological polar surface area (TPSA) is 26.0 Å². The van der Waals surface area contributed by atoms with Crippen LogP contribution in [0.1, 0.15) is 5.56 Å². The van der Waals surface area contributed by atoms with Gasteiger partial charge in [-0.1, -0.05) is 6.92 Å². The van der Waals surface area contributed by atoms with E-state index in [0.717, 1.165) is 0 Å². The fourth-order valence-electron chi connectivity index (χ4n) is 0.470. The summed E-state index contributed by atoms with van der Waals surface area (Å²) in [5, 5.41) is 0. The minimum absolute atomic E-state index is 0. The summed E-state index contributed by atoms with van der Waals surface area (Å²) in [6, 6.07) is 10.8. The van der Waals surface area contributed by atoms with E-state index in [-0.39, 0.29) is 32.7 Å². The van der Waals surface area contributed by atoms with Gasteiger partial charge in [-0.2, -0.15) is 35.9 Å². The van der Waals surface area contributed by atoms with Crippen molar-refractivity contribution >= 4 is 0 Å². The molecule has 0 aliphatic heterocycles. The van der Waals surface area contributed by atoms with Crippen LogP contribution < -0.4 is 5.73 Å². The van der Waals surface area contributed by atoms with Crippen LogP contribution in [0.25, 0.3) is 0 Å². The van der Waals surface area contributed by atoms with E-state index < -0.39 is 0 Å². The molecule has 0 atom stereocenters. The second-order valence-electron chi connectivity index (χ2n) is 1.78. The molecule has 0 heterocycles. The zero-order chi connectivity index (χ0) is 7.82. The van der Waals surface area contributed by atoms with Gasteiger partial charge in [0.15, 0.2) is 0 Å². The molecule has 1 aromatic rings. The van der Waals surface area contributed by atoms with E-state index in [0.29, 0.717) is 0 Å². The largest absolute Gasteiger partial charge is 3.00 e. The van der Waals surface area contributed by atoms with Crippen molar-refractivity contribution in [3.8, 4) is 0 Å². The normalized spacial score (nSPS) is 6.64. The molecule has 2 N–H and O–H groups in total. The van der Waals surface area contributed by atoms with Gasteiger partial charge in [0.05, 0.1) is 0 Å². The molecular weight excluding hydrogens is 211 g/mol. The van der Waals surface area contributed by atoms with Crippen LogP contribution in [0, 0.1) is 19.2 Å². The van der Waals surface area contributed by atoms with Crippen molar-refractivity contribution in [1.29, 1.82) is 0 Å². The molecule has 0 bridgehead atoms. The first-order valence-electron chi connectivity index (χ1n) is 2.96. The molecule has 0 fully saturated rings. The van der Waals surface area contributed by atoms with Crippen LogP contribution in [0.5, 0.6) is 0 Å². The van der Waals surface area contributed by atoms with Crippen molar-refractivity contribution in [3.05, 3.63) is 48.7 Å². The molecular formula is C9H11NY+. The molecule has 0 saturated carbocycles. The van der Waals surface area contributed by atoms with E-state index in [9.17, 15) is 0 Å². The maximum Gasteiger partial charge on any atom is 3.00 e. The molecule has 11 heavy (non-hydrogen) atoms. The van der Waals surface area contributed by atoms with Gasteiger partial charge in [0, 0.05) is 0 Å². The molecule has 0 spiro atoms. The third-order valence-electron chi connectivity index (χ3n) is 0.885. The Morgan fingerprint density at radius 1 is 1.45 bits per heavy atom. The predicted molar refractivity (Wildman–Crippen MR) is 43.1 cm³/mol. The van der Waals surface area contributed by atoms with Crippen molar-refractivity contribution < 1.29 is 32.7 Å². The van der Waals surface area contributed by atoms with Crippen LogP contribution in [0.15, 0.2) is 30.8 Å². The van der Waals surface area contributed by atoms with Crippen LogP contribution in [-0.4, -0.2) is 0 Å². The summed E-state index contributed by atoms with van der Waals surface area (Å²) < 4.78 is 0. The van der Waals surface area contributed by atoms with Gasteiger partial charge < -0.3 is 11.9 Å². The van der Waals surface area contributed by atoms with Gasteiger partial charge in [0.25, 0.3) is 0 Å². The van der Waals surface area contributed by atoms with Gasteiger partial charge in [-0.15, -0.1) is 0 Å². The van der Waals surface area contributed by atoms with E-state index in [2.05, 4.69) is 25.3 Å². The van der Waals surface area contributed by atoms with E-state index in [1.54, 1.807) is 0 Å². The van der Waals surface area contributed by atoms with Crippen LogP contribution in [0.2, 0.25) is 0 Å². The standard InChI is InChI=1S/C7H7.C2H4N.Y/c1-7-5-3-2-4-6-7;1-2-3;/h3-6H,1H3;1,3H2;/q2*-1;+3. The summed E-state index contributed by atoms with van der Waals surface area (Å²) >= 11 is 0. The molecule has 0 radical (unpaired) electrons. The number of rotatable bonds is 0. The average Bonchev–Trinajstić information content (AvgIpc) is 1.91. The van der Waals surface area contributed by atoms with Gasteiger partial charge in [-0.25, -0.2) is 0 Å². The first-order valence-corrected chi connectivity index (χ1v) is 2.96. The quantitative estimate of drug-likeness (QED) is 0.524. The molecule has 0 unspecified atom stereocenters. The molecule has 1 rings (SSSR count). The summed E-state index contributed by atoms with van der Waals surface area (Å²) in [5.41, 5.74) is 5.78. The molecule has 0 aromatic heterocycles. The predicted octanol–water partition coefficient (Wildman–Crippen LogP) is 1.68. The molecule has 1 aromatic carbocycles. The monoisotopic (exact) mass is 222 g/mol. The molecule has 0 amide bonds. The minimum Gasteiger partial charge on any atom is -0.580 e. The van der Waals surface area contributed by atoms with E-state index in [1.807, 2.05) is 30.5 Å². The Morgan fingerprint density at radius 2 is 1.82 bits per heavy atom. The first kappa shape index (κ1) is 13.5. The van der Waals surface area contributed by atoms with Crippen LogP contribution >= 0.6 is 0 Å². The zero-order valence-corrected chi connectivity index (χ0v) is 9.51. The van der Waals surface area contributed by atoms with Crippen molar-refractivity contribution in [3.63, 3.8) is 0 Å². The van der Waals surface area contributed by atoms with Gasteiger partial charge in [-0.05, 0) is 0 Å². The van der Waals surface area contributed by atoms with E-state index in [1.165, 1.54) is 5.56 Å². The fraction of sp³-hybridized carbons (Fsp3) is 0.111. The van der Waals surface area contributed by atoms with Gasteiger partial charge >= 0.3 is 32.7 Å². The molecule has 0 saturated heterocycles. The molecule has 54 valence electrons. The Morgan fingerprint density at radius 3 is 2.00 bits per heavy atom. The van der Waals surface area contributed by atoms with Crippen molar-refractivity contribution in [2.45, 2.75) is 6.92 Å². The summed E-state index contributed by atoms with van der Waals surface area (Å²) in [6.07, 6.45) is 2.00. The number of benzene rings is 1. The van der Waals surface area contributed by atoms with Gasteiger partial charge in [0.2, 0.25) is 0 Å². The van der Waals surface area contributed by atoms with E-state index in [4.69, 9.17) is 0 Å². The molecule has 1 nitrogen and oxygen atoms in total. The summed E-state index contributed by atoms with van der Waals surface area (Å²) in [7, 11) is 0. The SMILES string of the molecule is C=[C-]N.Cc1cc[c-]cc1.[Y+3]. The Balaban J connectivity index is 0. The maximum atomic E-state index is 4.49. The number of hydrogen-bond donors (Lipinski definition) is 1. The minimum atomic E-state index is 0. The molecule has 0 aliphatic rings.